The second kappa shape index (κ2) is 3.69. The normalized spacial score (nSPS) is 13.1. The van der Waals surface area contributed by atoms with E-state index >= 15 is 0 Å². The van der Waals surface area contributed by atoms with E-state index in [4.69, 9.17) is 0 Å². The molecule has 0 saturated carbocycles. The van der Waals surface area contributed by atoms with Gasteiger partial charge in [-0.05, 0) is 31.5 Å². The molecule has 0 bridgehead atoms. The van der Waals surface area contributed by atoms with E-state index in [1.54, 1.807) is 6.20 Å². The summed E-state index contributed by atoms with van der Waals surface area (Å²) in [5.74, 6) is 0.877. The Hall–Kier alpha value is -2.17. The second-order valence-electron chi connectivity index (χ2n) is 4.17. The van der Waals surface area contributed by atoms with E-state index in [1.807, 2.05) is 30.1 Å². The molecule has 5 nitrogen and oxygen atoms in total. The molecule has 1 N–H and O–H groups in total. The van der Waals surface area contributed by atoms with Gasteiger partial charge < -0.3 is 4.98 Å². The molecule has 0 spiro atoms. The highest BCUT2D eigenvalue weighted by atomic mass is 15.3. The molecule has 0 aromatic carbocycles. The van der Waals surface area contributed by atoms with Crippen LogP contribution in [0.4, 0.5) is 0 Å². The Balaban J connectivity index is 2.06. The summed E-state index contributed by atoms with van der Waals surface area (Å²) in [6.07, 6.45) is 5.52. The largest absolute Gasteiger partial charge is 0.339 e. The Kier molecular flexibility index (Phi) is 2.18. The fourth-order valence-corrected chi connectivity index (χ4v) is 1.86. The number of H-pyrrole nitrogens is 1. The summed E-state index contributed by atoms with van der Waals surface area (Å²) in [6.45, 7) is 4.07. The summed E-state index contributed by atoms with van der Waals surface area (Å²) >= 11 is 0. The van der Waals surface area contributed by atoms with Crippen LogP contribution in [0.2, 0.25) is 0 Å². The first-order chi connectivity index (χ1) is 8.24. The minimum Gasteiger partial charge on any atom is -0.339 e. The second-order valence-corrected chi connectivity index (χ2v) is 4.17. The van der Waals surface area contributed by atoms with Crippen LogP contribution < -0.4 is 0 Å². The lowest BCUT2D eigenvalue weighted by atomic mass is 10.3. The van der Waals surface area contributed by atoms with Gasteiger partial charge in [0, 0.05) is 18.6 Å². The summed E-state index contributed by atoms with van der Waals surface area (Å²) in [6, 6.07) is 4.04. The van der Waals surface area contributed by atoms with E-state index in [0.29, 0.717) is 0 Å². The van der Waals surface area contributed by atoms with Crippen LogP contribution in [0.5, 0.6) is 0 Å². The van der Waals surface area contributed by atoms with Crippen LogP contribution in [-0.2, 0) is 0 Å². The lowest BCUT2D eigenvalue weighted by Crippen LogP contribution is -2.08. The Bertz CT molecular complexity index is 638. The number of nitrogens with one attached hydrogen (secondary N) is 1. The highest BCUT2D eigenvalue weighted by Gasteiger charge is 2.13. The van der Waals surface area contributed by atoms with Crippen LogP contribution in [0.1, 0.15) is 24.4 Å². The first-order valence-corrected chi connectivity index (χ1v) is 5.55. The Morgan fingerprint density at radius 3 is 3.06 bits per heavy atom. The molecule has 0 aliphatic carbocycles. The van der Waals surface area contributed by atoms with E-state index < -0.39 is 0 Å². The number of fused-ring (bicyclic) bond motifs is 1. The van der Waals surface area contributed by atoms with Crippen molar-refractivity contribution >= 4 is 11.2 Å². The van der Waals surface area contributed by atoms with E-state index in [1.165, 1.54) is 0 Å². The minimum atomic E-state index is 0.0829. The van der Waals surface area contributed by atoms with Crippen molar-refractivity contribution in [2.75, 3.05) is 0 Å². The first kappa shape index (κ1) is 10.0. The maximum absolute atomic E-state index is 4.48. The van der Waals surface area contributed by atoms with E-state index in [0.717, 1.165) is 22.6 Å². The fourth-order valence-electron chi connectivity index (χ4n) is 1.86. The van der Waals surface area contributed by atoms with Gasteiger partial charge in [-0.25, -0.2) is 9.97 Å². The molecule has 1 atom stereocenters. The van der Waals surface area contributed by atoms with Crippen molar-refractivity contribution in [3.8, 4) is 0 Å². The zero-order valence-corrected chi connectivity index (χ0v) is 9.75. The van der Waals surface area contributed by atoms with Gasteiger partial charge in [0.1, 0.15) is 11.9 Å². The number of aromatic nitrogens is 5. The lowest BCUT2D eigenvalue weighted by Gasteiger charge is -2.07. The van der Waals surface area contributed by atoms with Gasteiger partial charge in [-0.3, -0.25) is 4.68 Å². The van der Waals surface area contributed by atoms with Gasteiger partial charge in [0.05, 0.1) is 5.52 Å². The van der Waals surface area contributed by atoms with Crippen molar-refractivity contribution in [2.45, 2.75) is 19.9 Å². The molecule has 3 heterocycles. The number of imidazole rings is 1. The quantitative estimate of drug-likeness (QED) is 0.729. The van der Waals surface area contributed by atoms with Crippen molar-refractivity contribution in [1.29, 1.82) is 0 Å². The topological polar surface area (TPSA) is 59.4 Å². The number of aromatic amines is 1. The van der Waals surface area contributed by atoms with Gasteiger partial charge >= 0.3 is 0 Å². The SMILES string of the molecule is Cc1cnc2nc(C(C)n3cccn3)[nH]c2c1. The molecule has 0 amide bonds. The van der Waals surface area contributed by atoms with Crippen LogP contribution in [0.3, 0.4) is 0 Å². The molecule has 1 unspecified atom stereocenters. The van der Waals surface area contributed by atoms with Crippen molar-refractivity contribution in [2.24, 2.45) is 0 Å². The third kappa shape index (κ3) is 1.69. The predicted octanol–water partition coefficient (Wildman–Crippen LogP) is 2.07. The summed E-state index contributed by atoms with van der Waals surface area (Å²) in [7, 11) is 0. The highest BCUT2D eigenvalue weighted by molar-refractivity contribution is 5.71. The molecule has 3 aromatic heterocycles. The van der Waals surface area contributed by atoms with E-state index in [-0.39, 0.29) is 6.04 Å². The summed E-state index contributed by atoms with van der Waals surface area (Å²) in [5.41, 5.74) is 2.85. The number of rotatable bonds is 2. The molecule has 5 heteroatoms. The van der Waals surface area contributed by atoms with Crippen molar-refractivity contribution in [1.82, 2.24) is 24.7 Å². The number of hydrogen-bond acceptors (Lipinski definition) is 3. The summed E-state index contributed by atoms with van der Waals surface area (Å²) in [5, 5.41) is 4.22. The highest BCUT2D eigenvalue weighted by Crippen LogP contribution is 2.17. The van der Waals surface area contributed by atoms with Gasteiger partial charge in [0.25, 0.3) is 0 Å². The maximum atomic E-state index is 4.48. The van der Waals surface area contributed by atoms with Gasteiger partial charge in [0.2, 0.25) is 0 Å². The van der Waals surface area contributed by atoms with Crippen LogP contribution in [0, 0.1) is 6.92 Å². The summed E-state index contributed by atoms with van der Waals surface area (Å²) < 4.78 is 1.87. The number of aryl methyl sites for hydroxylation is 1. The van der Waals surface area contributed by atoms with E-state index in [9.17, 15) is 0 Å². The Labute approximate surface area is 98.5 Å². The number of hydrogen-bond donors (Lipinski definition) is 1. The molecule has 0 saturated heterocycles. The monoisotopic (exact) mass is 227 g/mol. The Morgan fingerprint density at radius 1 is 1.41 bits per heavy atom. The van der Waals surface area contributed by atoms with Crippen LogP contribution in [0.25, 0.3) is 11.2 Å². The van der Waals surface area contributed by atoms with Crippen molar-refractivity contribution in [3.63, 3.8) is 0 Å². The average Bonchev–Trinajstić information content (AvgIpc) is 2.96. The van der Waals surface area contributed by atoms with Crippen LogP contribution >= 0.6 is 0 Å². The number of pyridine rings is 1. The van der Waals surface area contributed by atoms with Crippen LogP contribution in [-0.4, -0.2) is 24.7 Å². The minimum absolute atomic E-state index is 0.0829. The van der Waals surface area contributed by atoms with Crippen LogP contribution in [0.15, 0.2) is 30.7 Å². The zero-order valence-electron chi connectivity index (χ0n) is 9.75. The molecular formula is C12H13N5. The Morgan fingerprint density at radius 2 is 2.29 bits per heavy atom. The third-order valence-electron chi connectivity index (χ3n) is 2.81. The fraction of sp³-hybridized carbons (Fsp3) is 0.250. The molecule has 86 valence electrons. The van der Waals surface area contributed by atoms with Gasteiger partial charge in [-0.15, -0.1) is 0 Å². The molecule has 0 aliphatic heterocycles. The average molecular weight is 227 g/mol. The van der Waals surface area contributed by atoms with Gasteiger partial charge in [0.15, 0.2) is 5.65 Å². The molecule has 17 heavy (non-hydrogen) atoms. The molecule has 3 aromatic rings. The standard InChI is InChI=1S/C12H13N5/c1-8-6-10-12(13-7-8)16-11(15-10)9(2)17-5-3-4-14-17/h3-7,9H,1-2H3,(H,13,15,16). The van der Waals surface area contributed by atoms with Crippen molar-refractivity contribution in [3.05, 3.63) is 42.1 Å². The molecule has 3 rings (SSSR count). The summed E-state index contributed by atoms with van der Waals surface area (Å²) in [4.78, 5) is 12.1. The predicted molar refractivity (Wildman–Crippen MR) is 64.7 cm³/mol. The molecular weight excluding hydrogens is 214 g/mol. The van der Waals surface area contributed by atoms with E-state index in [2.05, 4.69) is 33.0 Å². The first-order valence-electron chi connectivity index (χ1n) is 5.55. The molecule has 0 fully saturated rings. The van der Waals surface area contributed by atoms with Gasteiger partial charge in [-0.1, -0.05) is 0 Å². The van der Waals surface area contributed by atoms with Gasteiger partial charge in [-0.2, -0.15) is 5.10 Å². The van der Waals surface area contributed by atoms with Crippen molar-refractivity contribution < 1.29 is 0 Å². The molecule has 0 aliphatic rings. The maximum Gasteiger partial charge on any atom is 0.177 e. The molecule has 0 radical (unpaired) electrons. The third-order valence-corrected chi connectivity index (χ3v) is 2.81. The number of nitrogens with zero attached hydrogens (tertiary/aromatic N) is 4. The lowest BCUT2D eigenvalue weighted by molar-refractivity contribution is 0.542. The zero-order chi connectivity index (χ0) is 11.8. The smallest absolute Gasteiger partial charge is 0.177 e.